The first-order chi connectivity index (χ1) is 13.5. The van der Waals surface area contributed by atoms with Crippen molar-refractivity contribution in [1.82, 2.24) is 5.32 Å². The lowest BCUT2D eigenvalue weighted by atomic mass is 10.1. The molecule has 0 saturated carbocycles. The van der Waals surface area contributed by atoms with Crippen molar-refractivity contribution in [2.24, 2.45) is 0 Å². The van der Waals surface area contributed by atoms with E-state index in [2.05, 4.69) is 36.5 Å². The number of nitrogens with one attached hydrogen (secondary N) is 3. The Morgan fingerprint density at radius 3 is 2.46 bits per heavy atom. The van der Waals surface area contributed by atoms with Crippen LogP contribution < -0.4 is 15.1 Å². The molecule has 0 aliphatic carbocycles. The Labute approximate surface area is 167 Å². The summed E-state index contributed by atoms with van der Waals surface area (Å²) in [6, 6.07) is 15.2. The van der Waals surface area contributed by atoms with Gasteiger partial charge in [0.1, 0.15) is 38.5 Å². The lowest BCUT2D eigenvalue weighted by molar-refractivity contribution is -1.02. The van der Waals surface area contributed by atoms with Gasteiger partial charge in [-0.2, -0.15) is 0 Å². The molecule has 1 aliphatic rings. The molecule has 0 radical (unpaired) electrons. The fourth-order valence-corrected chi connectivity index (χ4v) is 3.96. The molecule has 5 heteroatoms. The van der Waals surface area contributed by atoms with E-state index in [1.165, 1.54) is 28.2 Å². The maximum atomic E-state index is 12.9. The second kappa shape index (κ2) is 9.80. The number of amides is 1. The molecule has 0 spiro atoms. The molecule has 4 nitrogen and oxygen atoms in total. The second-order valence-corrected chi connectivity index (χ2v) is 7.96. The number of piperazine rings is 1. The van der Waals surface area contributed by atoms with Crippen molar-refractivity contribution < 1.29 is 19.0 Å². The van der Waals surface area contributed by atoms with Crippen LogP contribution in [-0.2, 0) is 17.8 Å². The summed E-state index contributed by atoms with van der Waals surface area (Å²) < 4.78 is 12.9. The second-order valence-electron chi connectivity index (χ2n) is 7.96. The molecular formula is C23H32FN3O+2. The molecule has 150 valence electrons. The van der Waals surface area contributed by atoms with Crippen LogP contribution in [0.15, 0.2) is 48.5 Å². The third-order valence-electron chi connectivity index (χ3n) is 5.77. The summed E-state index contributed by atoms with van der Waals surface area (Å²) in [7, 11) is 0. The van der Waals surface area contributed by atoms with Gasteiger partial charge >= 0.3 is 0 Å². The van der Waals surface area contributed by atoms with Crippen LogP contribution in [0.4, 0.5) is 4.39 Å². The SMILES string of the molecule is Cc1cccc(C[NH+]2CC[NH+]([C@H](C)C(=O)NCCc3ccc(F)cc3)CC2)c1. The van der Waals surface area contributed by atoms with Crippen molar-refractivity contribution in [1.29, 1.82) is 0 Å². The zero-order valence-corrected chi connectivity index (χ0v) is 16.9. The van der Waals surface area contributed by atoms with Crippen molar-refractivity contribution in [3.63, 3.8) is 0 Å². The molecule has 0 unspecified atom stereocenters. The van der Waals surface area contributed by atoms with Gasteiger partial charge in [-0.3, -0.25) is 4.79 Å². The summed E-state index contributed by atoms with van der Waals surface area (Å²) in [5.74, 6) is -0.118. The minimum absolute atomic E-state index is 0.0336. The van der Waals surface area contributed by atoms with Gasteiger partial charge in [-0.05, 0) is 38.0 Å². The molecule has 1 heterocycles. The smallest absolute Gasteiger partial charge is 0.278 e. The lowest BCUT2D eigenvalue weighted by Crippen LogP contribution is -3.29. The Balaban J connectivity index is 1.39. The summed E-state index contributed by atoms with van der Waals surface area (Å²) in [6.07, 6.45) is 0.725. The molecule has 3 rings (SSSR count). The van der Waals surface area contributed by atoms with Crippen LogP contribution in [0, 0.1) is 12.7 Å². The number of carbonyl (C=O) groups is 1. The topological polar surface area (TPSA) is 38.0 Å². The van der Waals surface area contributed by atoms with Crippen LogP contribution in [0.1, 0.15) is 23.6 Å². The highest BCUT2D eigenvalue weighted by Gasteiger charge is 2.30. The number of benzene rings is 2. The minimum atomic E-state index is -0.228. The van der Waals surface area contributed by atoms with Gasteiger partial charge in [-0.15, -0.1) is 0 Å². The van der Waals surface area contributed by atoms with Gasteiger partial charge in [0, 0.05) is 12.1 Å². The zero-order valence-electron chi connectivity index (χ0n) is 16.9. The molecule has 0 aromatic heterocycles. The first kappa shape index (κ1) is 20.5. The number of quaternary nitrogens is 2. The number of hydrogen-bond donors (Lipinski definition) is 3. The summed E-state index contributed by atoms with van der Waals surface area (Å²) in [5, 5.41) is 3.04. The predicted molar refractivity (Wildman–Crippen MR) is 109 cm³/mol. The normalized spacial score (nSPS) is 20.5. The van der Waals surface area contributed by atoms with Crippen molar-refractivity contribution >= 4 is 5.91 Å². The van der Waals surface area contributed by atoms with Gasteiger partial charge < -0.3 is 15.1 Å². The quantitative estimate of drug-likeness (QED) is 0.624. The highest BCUT2D eigenvalue weighted by molar-refractivity contribution is 5.79. The van der Waals surface area contributed by atoms with E-state index in [0.29, 0.717) is 6.54 Å². The summed E-state index contributed by atoms with van der Waals surface area (Å²) in [5.41, 5.74) is 3.74. The van der Waals surface area contributed by atoms with E-state index in [1.54, 1.807) is 17.0 Å². The van der Waals surface area contributed by atoms with Gasteiger partial charge in [0.15, 0.2) is 6.04 Å². The van der Waals surface area contributed by atoms with Gasteiger partial charge in [0.2, 0.25) is 0 Å². The maximum absolute atomic E-state index is 12.9. The molecule has 2 aromatic rings. The Kier molecular flexibility index (Phi) is 7.18. The molecular weight excluding hydrogens is 353 g/mol. The third kappa shape index (κ3) is 5.88. The first-order valence-corrected chi connectivity index (χ1v) is 10.3. The van der Waals surface area contributed by atoms with Gasteiger partial charge in [0.25, 0.3) is 5.91 Å². The van der Waals surface area contributed by atoms with E-state index in [1.807, 2.05) is 6.92 Å². The maximum Gasteiger partial charge on any atom is 0.278 e. The summed E-state index contributed by atoms with van der Waals surface area (Å²) >= 11 is 0. The first-order valence-electron chi connectivity index (χ1n) is 10.3. The number of hydrogen-bond acceptors (Lipinski definition) is 1. The van der Waals surface area contributed by atoms with E-state index in [4.69, 9.17) is 0 Å². The molecule has 1 atom stereocenters. The van der Waals surface area contributed by atoms with Gasteiger partial charge in [-0.1, -0.05) is 42.0 Å². The Morgan fingerprint density at radius 1 is 1.07 bits per heavy atom. The molecule has 1 amide bonds. The highest BCUT2D eigenvalue weighted by atomic mass is 19.1. The van der Waals surface area contributed by atoms with Crippen LogP contribution in [0.2, 0.25) is 0 Å². The highest BCUT2D eigenvalue weighted by Crippen LogP contribution is 2.03. The average molecular weight is 386 g/mol. The molecule has 28 heavy (non-hydrogen) atoms. The lowest BCUT2D eigenvalue weighted by Gasteiger charge is -2.32. The predicted octanol–water partition coefficient (Wildman–Crippen LogP) is 0.165. The minimum Gasteiger partial charge on any atom is -0.351 e. The van der Waals surface area contributed by atoms with Crippen LogP contribution >= 0.6 is 0 Å². The molecule has 0 bridgehead atoms. The van der Waals surface area contributed by atoms with Crippen molar-refractivity contribution in [2.45, 2.75) is 32.9 Å². The van der Waals surface area contributed by atoms with Crippen molar-refractivity contribution in [3.05, 3.63) is 71.0 Å². The molecule has 1 saturated heterocycles. The molecule has 1 fully saturated rings. The standard InChI is InChI=1S/C23H30FN3O/c1-18-4-3-5-21(16-18)17-26-12-14-27(15-13-26)19(2)23(28)25-11-10-20-6-8-22(24)9-7-20/h3-9,16,19H,10-15,17H2,1-2H3,(H,25,28)/p+2/t19-/m1/s1. The fraction of sp³-hybridized carbons (Fsp3) is 0.435. The van der Waals surface area contributed by atoms with E-state index >= 15 is 0 Å². The third-order valence-corrected chi connectivity index (χ3v) is 5.77. The monoisotopic (exact) mass is 385 g/mol. The van der Waals surface area contributed by atoms with E-state index < -0.39 is 0 Å². The summed E-state index contributed by atoms with van der Waals surface area (Å²) in [4.78, 5) is 15.5. The summed E-state index contributed by atoms with van der Waals surface area (Å²) in [6.45, 7) is 10.0. The van der Waals surface area contributed by atoms with Crippen molar-refractivity contribution in [2.75, 3.05) is 32.7 Å². The van der Waals surface area contributed by atoms with Crippen LogP contribution in [0.25, 0.3) is 0 Å². The number of aryl methyl sites for hydroxylation is 1. The van der Waals surface area contributed by atoms with E-state index in [-0.39, 0.29) is 17.8 Å². The Morgan fingerprint density at radius 2 is 1.79 bits per heavy atom. The Hall–Kier alpha value is -2.24. The fourth-order valence-electron chi connectivity index (χ4n) is 3.96. The zero-order chi connectivity index (χ0) is 19.9. The van der Waals surface area contributed by atoms with Crippen LogP contribution in [0.3, 0.4) is 0 Å². The van der Waals surface area contributed by atoms with Gasteiger partial charge in [0.05, 0.1) is 0 Å². The number of carbonyl (C=O) groups excluding carboxylic acids is 1. The number of rotatable bonds is 7. The Bertz CT molecular complexity index is 770. The largest absolute Gasteiger partial charge is 0.351 e. The van der Waals surface area contributed by atoms with Crippen molar-refractivity contribution in [3.8, 4) is 0 Å². The van der Waals surface area contributed by atoms with E-state index in [0.717, 1.165) is 44.7 Å². The average Bonchev–Trinajstić information content (AvgIpc) is 2.69. The molecule has 3 N–H and O–H groups in total. The number of halogens is 1. The van der Waals surface area contributed by atoms with Gasteiger partial charge in [-0.25, -0.2) is 4.39 Å². The van der Waals surface area contributed by atoms with E-state index in [9.17, 15) is 9.18 Å². The van der Waals surface area contributed by atoms with Crippen LogP contribution in [0.5, 0.6) is 0 Å². The molecule has 1 aliphatic heterocycles. The van der Waals surface area contributed by atoms with Crippen LogP contribution in [-0.4, -0.2) is 44.7 Å². The molecule has 2 aromatic carbocycles.